The topological polar surface area (TPSA) is 46.1 Å². The van der Waals surface area contributed by atoms with Crippen molar-refractivity contribution in [1.82, 2.24) is 9.36 Å². The lowest BCUT2D eigenvalue weighted by molar-refractivity contribution is 0.496. The molecule has 0 spiro atoms. The second kappa shape index (κ2) is 5.65. The van der Waals surface area contributed by atoms with Crippen LogP contribution in [0.5, 0.6) is 0 Å². The predicted octanol–water partition coefficient (Wildman–Crippen LogP) is 2.23. The molecule has 1 aromatic heterocycles. The van der Waals surface area contributed by atoms with Crippen LogP contribution in [-0.4, -0.2) is 37.2 Å². The molecule has 2 heterocycles. The highest BCUT2D eigenvalue weighted by Gasteiger charge is 2.39. The molecule has 0 N–H and O–H groups in total. The Morgan fingerprint density at radius 3 is 2.67 bits per heavy atom. The third-order valence-electron chi connectivity index (χ3n) is 3.84. The summed E-state index contributed by atoms with van der Waals surface area (Å²) in [6.07, 6.45) is 2.81. The predicted molar refractivity (Wildman–Crippen MR) is 77.8 cm³/mol. The van der Waals surface area contributed by atoms with Gasteiger partial charge in [0.15, 0.2) is 0 Å². The van der Waals surface area contributed by atoms with Crippen molar-refractivity contribution < 1.29 is 4.21 Å². The van der Waals surface area contributed by atoms with E-state index < -0.39 is 10.8 Å². The van der Waals surface area contributed by atoms with Crippen molar-refractivity contribution in [2.75, 3.05) is 23.7 Å². The molecule has 1 fully saturated rings. The molecule has 0 amide bonds. The van der Waals surface area contributed by atoms with Gasteiger partial charge in [0.2, 0.25) is 5.13 Å². The summed E-state index contributed by atoms with van der Waals surface area (Å²) in [5, 5.41) is 0.995. The van der Waals surface area contributed by atoms with E-state index in [1.165, 1.54) is 11.5 Å². The van der Waals surface area contributed by atoms with Gasteiger partial charge in [0.25, 0.3) is 0 Å². The molecule has 0 aliphatic carbocycles. The van der Waals surface area contributed by atoms with Crippen LogP contribution in [-0.2, 0) is 17.2 Å². The van der Waals surface area contributed by atoms with E-state index in [0.29, 0.717) is 0 Å². The van der Waals surface area contributed by atoms with E-state index in [-0.39, 0.29) is 4.75 Å². The second-order valence-corrected chi connectivity index (χ2v) is 7.40. The first kappa shape index (κ1) is 13.9. The van der Waals surface area contributed by atoms with Crippen molar-refractivity contribution in [3.63, 3.8) is 0 Å². The van der Waals surface area contributed by atoms with Crippen LogP contribution in [0.4, 0.5) is 5.13 Å². The van der Waals surface area contributed by atoms with Gasteiger partial charge in [-0.15, -0.1) is 0 Å². The Balaban J connectivity index is 2.18. The molecule has 2 rings (SSSR count). The molecule has 1 atom stereocenters. The third-order valence-corrected chi connectivity index (χ3v) is 6.88. The monoisotopic (exact) mass is 287 g/mol. The van der Waals surface area contributed by atoms with Gasteiger partial charge in [0.1, 0.15) is 5.82 Å². The lowest BCUT2D eigenvalue weighted by atomic mass is 10.0. The SMILES string of the molecule is CCc1nsc(N2CCS(=O)C(CC)(CC)C2)n1. The molecule has 102 valence electrons. The van der Waals surface area contributed by atoms with Gasteiger partial charge in [0, 0.05) is 47.6 Å². The Bertz CT molecular complexity index is 429. The average Bonchev–Trinajstić information content (AvgIpc) is 2.88. The molecule has 1 aliphatic heterocycles. The van der Waals surface area contributed by atoms with Gasteiger partial charge in [-0.25, -0.2) is 4.98 Å². The molecule has 4 nitrogen and oxygen atoms in total. The summed E-state index contributed by atoms with van der Waals surface area (Å²) in [5.41, 5.74) is 0. The van der Waals surface area contributed by atoms with Crippen molar-refractivity contribution in [2.24, 2.45) is 0 Å². The third kappa shape index (κ3) is 2.45. The minimum atomic E-state index is -0.711. The van der Waals surface area contributed by atoms with Gasteiger partial charge in [-0.05, 0) is 12.8 Å². The number of hydrogen-bond acceptors (Lipinski definition) is 5. The molecule has 0 bridgehead atoms. The maximum absolute atomic E-state index is 12.3. The number of hydrogen-bond donors (Lipinski definition) is 0. The van der Waals surface area contributed by atoms with E-state index in [9.17, 15) is 4.21 Å². The number of nitrogens with zero attached hydrogens (tertiary/aromatic N) is 3. The fourth-order valence-electron chi connectivity index (χ4n) is 2.38. The van der Waals surface area contributed by atoms with Crippen LogP contribution in [0.15, 0.2) is 0 Å². The van der Waals surface area contributed by atoms with E-state index in [4.69, 9.17) is 0 Å². The molecule has 1 saturated heterocycles. The maximum atomic E-state index is 12.3. The van der Waals surface area contributed by atoms with Crippen molar-refractivity contribution in [2.45, 2.75) is 44.8 Å². The normalized spacial score (nSPS) is 23.3. The Morgan fingerprint density at radius 2 is 2.11 bits per heavy atom. The van der Waals surface area contributed by atoms with Crippen LogP contribution in [0.25, 0.3) is 0 Å². The summed E-state index contributed by atoms with van der Waals surface area (Å²) in [6, 6.07) is 0. The van der Waals surface area contributed by atoms with Crippen LogP contribution in [0, 0.1) is 0 Å². The molecule has 1 aliphatic rings. The van der Waals surface area contributed by atoms with Crippen LogP contribution in [0.3, 0.4) is 0 Å². The highest BCUT2D eigenvalue weighted by Crippen LogP contribution is 2.31. The van der Waals surface area contributed by atoms with Gasteiger partial charge in [0.05, 0.1) is 4.75 Å². The van der Waals surface area contributed by atoms with E-state index in [1.54, 1.807) is 0 Å². The lowest BCUT2D eigenvalue weighted by Crippen LogP contribution is -2.53. The number of rotatable bonds is 4. The smallest absolute Gasteiger partial charge is 0.205 e. The maximum Gasteiger partial charge on any atom is 0.205 e. The van der Waals surface area contributed by atoms with Gasteiger partial charge >= 0.3 is 0 Å². The Kier molecular flexibility index (Phi) is 4.37. The molecule has 0 aromatic carbocycles. The van der Waals surface area contributed by atoms with Gasteiger partial charge in [-0.1, -0.05) is 20.8 Å². The summed E-state index contributed by atoms with van der Waals surface area (Å²) in [5.74, 6) is 1.67. The number of anilines is 1. The van der Waals surface area contributed by atoms with Gasteiger partial charge in [-0.3, -0.25) is 4.21 Å². The first-order valence-electron chi connectivity index (χ1n) is 6.61. The first-order chi connectivity index (χ1) is 8.65. The summed E-state index contributed by atoms with van der Waals surface area (Å²) in [6.45, 7) is 8.04. The molecular formula is C12H21N3OS2. The Hall–Kier alpha value is -0.490. The summed E-state index contributed by atoms with van der Waals surface area (Å²) in [4.78, 5) is 6.82. The average molecular weight is 287 g/mol. The zero-order valence-electron chi connectivity index (χ0n) is 11.3. The van der Waals surface area contributed by atoms with E-state index in [1.807, 2.05) is 0 Å². The molecule has 0 saturated carbocycles. The van der Waals surface area contributed by atoms with Crippen molar-refractivity contribution in [3.8, 4) is 0 Å². The second-order valence-electron chi connectivity index (χ2n) is 4.71. The standard InChI is InChI=1S/C12H21N3OS2/c1-4-10-13-11(17-14-10)15-7-8-18(16)12(5-2,6-3)9-15/h4-9H2,1-3H3. The fourth-order valence-corrected chi connectivity index (χ4v) is 4.92. The van der Waals surface area contributed by atoms with E-state index in [2.05, 4.69) is 35.0 Å². The Morgan fingerprint density at radius 1 is 1.39 bits per heavy atom. The molecule has 1 unspecified atom stereocenters. The molecule has 6 heteroatoms. The quantitative estimate of drug-likeness (QED) is 0.852. The summed E-state index contributed by atoms with van der Waals surface area (Å²) in [7, 11) is -0.711. The minimum Gasteiger partial charge on any atom is -0.344 e. The Labute approximate surface area is 115 Å². The number of aryl methyl sites for hydroxylation is 1. The van der Waals surface area contributed by atoms with Crippen LogP contribution in [0.1, 0.15) is 39.4 Å². The molecule has 1 aromatic rings. The van der Waals surface area contributed by atoms with E-state index in [0.717, 1.165) is 49.1 Å². The van der Waals surface area contributed by atoms with E-state index >= 15 is 0 Å². The lowest BCUT2D eigenvalue weighted by Gasteiger charge is -2.40. The van der Waals surface area contributed by atoms with Crippen LogP contribution in [0.2, 0.25) is 0 Å². The highest BCUT2D eigenvalue weighted by atomic mass is 32.2. The molecule has 0 radical (unpaired) electrons. The number of aromatic nitrogens is 2. The zero-order valence-corrected chi connectivity index (χ0v) is 12.9. The minimum absolute atomic E-state index is 0.0592. The molecular weight excluding hydrogens is 266 g/mol. The molecule has 18 heavy (non-hydrogen) atoms. The highest BCUT2D eigenvalue weighted by molar-refractivity contribution is 7.86. The first-order valence-corrected chi connectivity index (χ1v) is 8.70. The summed E-state index contributed by atoms with van der Waals surface area (Å²) < 4.78 is 16.6. The van der Waals surface area contributed by atoms with Crippen molar-refractivity contribution in [3.05, 3.63) is 5.82 Å². The van der Waals surface area contributed by atoms with Crippen molar-refractivity contribution >= 4 is 27.5 Å². The van der Waals surface area contributed by atoms with Gasteiger partial charge < -0.3 is 4.90 Å². The van der Waals surface area contributed by atoms with Crippen LogP contribution >= 0.6 is 11.5 Å². The largest absolute Gasteiger partial charge is 0.344 e. The fraction of sp³-hybridized carbons (Fsp3) is 0.833. The van der Waals surface area contributed by atoms with Gasteiger partial charge in [-0.2, -0.15) is 4.37 Å². The van der Waals surface area contributed by atoms with Crippen LogP contribution < -0.4 is 4.90 Å². The van der Waals surface area contributed by atoms with Crippen molar-refractivity contribution in [1.29, 1.82) is 0 Å². The zero-order chi connectivity index (χ0) is 13.2. The summed E-state index contributed by atoms with van der Waals surface area (Å²) >= 11 is 1.47.